The number of aromatic nitrogens is 1. The van der Waals surface area contributed by atoms with Gasteiger partial charge in [-0.05, 0) is 22.9 Å². The van der Waals surface area contributed by atoms with E-state index in [0.717, 1.165) is 10.8 Å². The van der Waals surface area contributed by atoms with Crippen molar-refractivity contribution in [3.8, 4) is 0 Å². The second kappa shape index (κ2) is 8.43. The number of amidine groups is 1. The van der Waals surface area contributed by atoms with E-state index in [1.807, 2.05) is 18.2 Å². The molecule has 7 nitrogen and oxygen atoms in total. The molecule has 2 heterocycles. The van der Waals surface area contributed by atoms with Gasteiger partial charge in [-0.2, -0.15) is 10.2 Å². The number of pyridine rings is 1. The molecule has 106 valence electrons. The molecule has 1 aromatic heterocycles. The number of hydrogen-bond acceptors (Lipinski definition) is 8. The fourth-order valence-electron chi connectivity index (χ4n) is 1.29. The quantitative estimate of drug-likeness (QED) is 0.509. The van der Waals surface area contributed by atoms with Crippen molar-refractivity contribution in [1.82, 2.24) is 21.2 Å². The lowest BCUT2D eigenvalue weighted by molar-refractivity contribution is -0.119. The summed E-state index contributed by atoms with van der Waals surface area (Å²) in [6, 6.07) is 5.79. The van der Waals surface area contributed by atoms with Crippen molar-refractivity contribution in [2.45, 2.75) is 11.4 Å². The van der Waals surface area contributed by atoms with E-state index in [1.54, 1.807) is 27.8 Å². The Morgan fingerprint density at radius 2 is 2.35 bits per heavy atom. The van der Waals surface area contributed by atoms with E-state index in [9.17, 15) is 4.79 Å². The maximum Gasteiger partial charge on any atom is 0.227 e. The van der Waals surface area contributed by atoms with Gasteiger partial charge in [0.05, 0.1) is 6.42 Å². The molecule has 0 fully saturated rings. The van der Waals surface area contributed by atoms with Crippen LogP contribution in [0.4, 0.5) is 0 Å². The van der Waals surface area contributed by atoms with Crippen LogP contribution >= 0.6 is 21.6 Å². The Kier molecular flexibility index (Phi) is 6.18. The van der Waals surface area contributed by atoms with Gasteiger partial charge in [0.25, 0.3) is 0 Å². The molecule has 1 amide bonds. The zero-order valence-electron chi connectivity index (χ0n) is 10.6. The smallest absolute Gasteiger partial charge is 0.227 e. The summed E-state index contributed by atoms with van der Waals surface area (Å²) in [5, 5.41) is 11.4. The van der Waals surface area contributed by atoms with E-state index >= 15 is 0 Å². The molecule has 20 heavy (non-hydrogen) atoms. The first-order valence-corrected chi connectivity index (χ1v) is 8.23. The second-order valence-electron chi connectivity index (χ2n) is 3.66. The summed E-state index contributed by atoms with van der Waals surface area (Å²) >= 11 is 0. The number of rotatable bonds is 7. The molecule has 0 bridgehead atoms. The van der Waals surface area contributed by atoms with Gasteiger partial charge in [-0.25, -0.2) is 4.98 Å². The first-order valence-electron chi connectivity index (χ1n) is 5.91. The molecule has 0 radical (unpaired) electrons. The fourth-order valence-corrected chi connectivity index (χ4v) is 3.08. The Morgan fingerprint density at radius 3 is 3.10 bits per heavy atom. The standard InChI is InChI=1S/C11H14N6OS2/c18-10(7-9-16-14-8-15-17-9)12-5-6-19-20-11-3-1-2-4-13-11/h1-4,8H,5-7H2,(H,12,18)(H,14,15)(H,16,17). The van der Waals surface area contributed by atoms with Crippen LogP contribution < -0.4 is 16.2 Å². The summed E-state index contributed by atoms with van der Waals surface area (Å²) in [5.74, 6) is 1.22. The molecule has 0 aromatic carbocycles. The molecule has 1 aliphatic rings. The van der Waals surface area contributed by atoms with Crippen molar-refractivity contribution in [2.24, 2.45) is 10.2 Å². The minimum atomic E-state index is -0.0846. The summed E-state index contributed by atoms with van der Waals surface area (Å²) in [6.45, 7) is 0.604. The van der Waals surface area contributed by atoms with Crippen LogP contribution in [-0.2, 0) is 4.79 Å². The van der Waals surface area contributed by atoms with Crippen molar-refractivity contribution >= 4 is 39.7 Å². The molecule has 0 saturated carbocycles. The third-order valence-corrected chi connectivity index (χ3v) is 4.40. The van der Waals surface area contributed by atoms with Gasteiger partial charge < -0.3 is 5.32 Å². The van der Waals surface area contributed by atoms with E-state index in [2.05, 4.69) is 31.4 Å². The molecular weight excluding hydrogens is 296 g/mol. The highest BCUT2D eigenvalue weighted by atomic mass is 33.1. The van der Waals surface area contributed by atoms with Gasteiger partial charge >= 0.3 is 0 Å². The number of nitrogens with one attached hydrogen (secondary N) is 3. The summed E-state index contributed by atoms with van der Waals surface area (Å²) in [7, 11) is 3.25. The van der Waals surface area contributed by atoms with Crippen molar-refractivity contribution in [2.75, 3.05) is 12.3 Å². The van der Waals surface area contributed by atoms with Crippen LogP contribution in [0.25, 0.3) is 0 Å². The molecular formula is C11H14N6OS2. The summed E-state index contributed by atoms with van der Waals surface area (Å²) < 4.78 is 0. The van der Waals surface area contributed by atoms with Crippen molar-refractivity contribution < 1.29 is 4.79 Å². The normalized spacial score (nSPS) is 13.1. The van der Waals surface area contributed by atoms with E-state index < -0.39 is 0 Å². The van der Waals surface area contributed by atoms with Crippen LogP contribution in [0.1, 0.15) is 6.42 Å². The van der Waals surface area contributed by atoms with Crippen LogP contribution in [0.5, 0.6) is 0 Å². The van der Waals surface area contributed by atoms with Crippen LogP contribution in [0.15, 0.2) is 39.6 Å². The second-order valence-corrected chi connectivity index (χ2v) is 6.09. The van der Waals surface area contributed by atoms with Crippen molar-refractivity contribution in [1.29, 1.82) is 0 Å². The zero-order chi connectivity index (χ0) is 14.0. The van der Waals surface area contributed by atoms with Crippen molar-refractivity contribution in [3.05, 3.63) is 24.4 Å². The Balaban J connectivity index is 1.54. The highest BCUT2D eigenvalue weighted by Gasteiger charge is 2.08. The van der Waals surface area contributed by atoms with Crippen LogP contribution in [0.2, 0.25) is 0 Å². The SMILES string of the molecule is O=C(CC1=NNC=NN1)NCCSSc1ccccn1. The highest BCUT2D eigenvalue weighted by molar-refractivity contribution is 8.76. The van der Waals surface area contributed by atoms with Crippen LogP contribution in [0.3, 0.4) is 0 Å². The molecule has 2 rings (SSSR count). The molecule has 1 aromatic rings. The average Bonchev–Trinajstić information content (AvgIpc) is 2.49. The minimum Gasteiger partial charge on any atom is -0.355 e. The Morgan fingerprint density at radius 1 is 1.40 bits per heavy atom. The van der Waals surface area contributed by atoms with E-state index in [1.165, 1.54) is 6.34 Å². The van der Waals surface area contributed by atoms with E-state index in [0.29, 0.717) is 12.4 Å². The first kappa shape index (κ1) is 14.7. The molecule has 9 heteroatoms. The van der Waals surface area contributed by atoms with Crippen LogP contribution in [0, 0.1) is 0 Å². The molecule has 0 saturated heterocycles. The van der Waals surface area contributed by atoms with E-state index in [-0.39, 0.29) is 12.3 Å². The van der Waals surface area contributed by atoms with E-state index in [4.69, 9.17) is 0 Å². The number of carbonyl (C=O) groups is 1. The first-order chi connectivity index (χ1) is 9.84. The van der Waals surface area contributed by atoms with Gasteiger partial charge in [0.2, 0.25) is 5.91 Å². The lowest BCUT2D eigenvalue weighted by Gasteiger charge is -2.09. The maximum absolute atomic E-state index is 11.6. The molecule has 0 atom stereocenters. The van der Waals surface area contributed by atoms with Gasteiger partial charge in [0, 0.05) is 18.5 Å². The Bertz CT molecular complexity index is 493. The molecule has 3 N–H and O–H groups in total. The average molecular weight is 310 g/mol. The third-order valence-electron chi connectivity index (χ3n) is 2.13. The number of amides is 1. The molecule has 0 aliphatic carbocycles. The van der Waals surface area contributed by atoms with Gasteiger partial charge in [-0.15, -0.1) is 0 Å². The molecule has 0 unspecified atom stereocenters. The van der Waals surface area contributed by atoms with Crippen LogP contribution in [-0.4, -0.2) is 35.4 Å². The number of hydrazone groups is 2. The Labute approximate surface area is 124 Å². The predicted molar refractivity (Wildman–Crippen MR) is 82.4 cm³/mol. The molecule has 0 spiro atoms. The van der Waals surface area contributed by atoms with Crippen molar-refractivity contribution in [3.63, 3.8) is 0 Å². The van der Waals surface area contributed by atoms with Gasteiger partial charge in [0.1, 0.15) is 11.4 Å². The predicted octanol–water partition coefficient (Wildman–Crippen LogP) is 0.778. The Hall–Kier alpha value is -1.74. The largest absolute Gasteiger partial charge is 0.355 e. The van der Waals surface area contributed by atoms with Gasteiger partial charge in [-0.1, -0.05) is 16.9 Å². The monoisotopic (exact) mass is 310 g/mol. The lowest BCUT2D eigenvalue weighted by Crippen LogP contribution is -2.34. The lowest BCUT2D eigenvalue weighted by atomic mass is 10.4. The topological polar surface area (TPSA) is 90.8 Å². The minimum absolute atomic E-state index is 0.0846. The third kappa shape index (κ3) is 5.49. The number of carbonyl (C=O) groups excluding carboxylic acids is 1. The highest BCUT2D eigenvalue weighted by Crippen LogP contribution is 2.28. The number of nitrogens with zero attached hydrogens (tertiary/aromatic N) is 3. The summed E-state index contributed by atoms with van der Waals surface area (Å²) in [4.78, 5) is 15.8. The maximum atomic E-state index is 11.6. The number of hydrogen-bond donors (Lipinski definition) is 3. The molecule has 1 aliphatic heterocycles. The van der Waals surface area contributed by atoms with Gasteiger partial charge in [0.15, 0.2) is 5.84 Å². The fraction of sp³-hybridized carbons (Fsp3) is 0.273. The summed E-state index contributed by atoms with van der Waals surface area (Å²) in [6.07, 6.45) is 3.36. The summed E-state index contributed by atoms with van der Waals surface area (Å²) in [5.41, 5.74) is 5.23. The zero-order valence-corrected chi connectivity index (χ0v) is 12.2. The van der Waals surface area contributed by atoms with Gasteiger partial charge in [-0.3, -0.25) is 15.6 Å².